The predicted molar refractivity (Wildman–Crippen MR) is 69.2 cm³/mol. The summed E-state index contributed by atoms with van der Waals surface area (Å²) in [5.74, 6) is -0.395. The SMILES string of the molecule is COc1ccc(CNc2cc(F)c(C)cc2F)cn1. The molecular weight excluding hydrogens is 250 g/mol. The van der Waals surface area contributed by atoms with E-state index in [0.717, 1.165) is 11.6 Å². The second kappa shape index (κ2) is 5.65. The molecule has 0 radical (unpaired) electrons. The number of benzene rings is 1. The van der Waals surface area contributed by atoms with Crippen molar-refractivity contribution >= 4 is 5.69 Å². The van der Waals surface area contributed by atoms with Gasteiger partial charge in [-0.25, -0.2) is 13.8 Å². The number of ether oxygens (including phenoxy) is 1. The maximum atomic E-state index is 13.6. The molecule has 0 bridgehead atoms. The number of hydrogen-bond acceptors (Lipinski definition) is 3. The summed E-state index contributed by atoms with van der Waals surface area (Å²) >= 11 is 0. The molecule has 0 unspecified atom stereocenters. The van der Waals surface area contributed by atoms with Gasteiger partial charge in [0.25, 0.3) is 0 Å². The number of rotatable bonds is 4. The largest absolute Gasteiger partial charge is 0.481 e. The molecule has 0 saturated heterocycles. The van der Waals surface area contributed by atoms with Crippen LogP contribution in [-0.2, 0) is 6.54 Å². The van der Waals surface area contributed by atoms with Crippen molar-refractivity contribution in [2.75, 3.05) is 12.4 Å². The third kappa shape index (κ3) is 3.19. The van der Waals surface area contributed by atoms with Crippen LogP contribution in [0, 0.1) is 18.6 Å². The maximum absolute atomic E-state index is 13.6. The fourth-order valence-electron chi connectivity index (χ4n) is 1.62. The van der Waals surface area contributed by atoms with E-state index in [1.807, 2.05) is 0 Å². The molecule has 100 valence electrons. The van der Waals surface area contributed by atoms with Crippen LogP contribution in [0.25, 0.3) is 0 Å². The van der Waals surface area contributed by atoms with Gasteiger partial charge in [0.05, 0.1) is 12.8 Å². The number of methoxy groups -OCH3 is 1. The van der Waals surface area contributed by atoms with E-state index in [1.165, 1.54) is 20.1 Å². The van der Waals surface area contributed by atoms with E-state index < -0.39 is 11.6 Å². The number of aryl methyl sites for hydroxylation is 1. The molecule has 0 atom stereocenters. The van der Waals surface area contributed by atoms with Gasteiger partial charge >= 0.3 is 0 Å². The highest BCUT2D eigenvalue weighted by atomic mass is 19.1. The smallest absolute Gasteiger partial charge is 0.212 e. The van der Waals surface area contributed by atoms with Crippen molar-refractivity contribution < 1.29 is 13.5 Å². The molecule has 1 aromatic heterocycles. The Morgan fingerprint density at radius 2 is 2.00 bits per heavy atom. The Morgan fingerprint density at radius 1 is 1.21 bits per heavy atom. The van der Waals surface area contributed by atoms with Crippen LogP contribution >= 0.6 is 0 Å². The van der Waals surface area contributed by atoms with Gasteiger partial charge in [0.1, 0.15) is 11.6 Å². The average molecular weight is 264 g/mol. The first-order chi connectivity index (χ1) is 9.10. The van der Waals surface area contributed by atoms with Crippen LogP contribution < -0.4 is 10.1 Å². The number of nitrogens with one attached hydrogen (secondary N) is 1. The zero-order valence-corrected chi connectivity index (χ0v) is 10.7. The standard InChI is InChI=1S/C14H14F2N2O/c1-9-5-12(16)13(6-11(9)15)17-7-10-3-4-14(19-2)18-8-10/h3-6,8,17H,7H2,1-2H3. The maximum Gasteiger partial charge on any atom is 0.212 e. The van der Waals surface area contributed by atoms with Gasteiger partial charge in [0, 0.05) is 24.9 Å². The summed E-state index contributed by atoms with van der Waals surface area (Å²) in [7, 11) is 1.53. The highest BCUT2D eigenvalue weighted by Gasteiger charge is 2.07. The van der Waals surface area contributed by atoms with Crippen LogP contribution in [0.1, 0.15) is 11.1 Å². The van der Waals surface area contributed by atoms with Gasteiger partial charge in [-0.15, -0.1) is 0 Å². The van der Waals surface area contributed by atoms with E-state index >= 15 is 0 Å². The first-order valence-corrected chi connectivity index (χ1v) is 5.78. The van der Waals surface area contributed by atoms with Crippen molar-refractivity contribution in [2.24, 2.45) is 0 Å². The highest BCUT2D eigenvalue weighted by molar-refractivity contribution is 5.47. The monoisotopic (exact) mass is 264 g/mol. The molecule has 0 saturated carbocycles. The van der Waals surface area contributed by atoms with Crippen LogP contribution in [-0.4, -0.2) is 12.1 Å². The minimum atomic E-state index is -0.472. The van der Waals surface area contributed by atoms with Crippen molar-refractivity contribution in [1.29, 1.82) is 0 Å². The molecule has 0 aliphatic heterocycles. The Labute approximate surface area is 110 Å². The van der Waals surface area contributed by atoms with Gasteiger partial charge in [-0.1, -0.05) is 6.07 Å². The number of anilines is 1. The summed E-state index contributed by atoms with van der Waals surface area (Å²) < 4.78 is 31.9. The lowest BCUT2D eigenvalue weighted by atomic mass is 10.2. The summed E-state index contributed by atoms with van der Waals surface area (Å²) in [6.07, 6.45) is 1.62. The normalized spacial score (nSPS) is 10.3. The Bertz CT molecular complexity index is 570. The molecule has 0 aliphatic rings. The van der Waals surface area contributed by atoms with Crippen molar-refractivity contribution in [1.82, 2.24) is 4.98 Å². The van der Waals surface area contributed by atoms with E-state index in [9.17, 15) is 8.78 Å². The summed E-state index contributed by atoms with van der Waals surface area (Å²) in [5.41, 5.74) is 1.27. The van der Waals surface area contributed by atoms with Gasteiger partial charge in [-0.2, -0.15) is 0 Å². The third-order valence-corrected chi connectivity index (χ3v) is 2.74. The minimum Gasteiger partial charge on any atom is -0.481 e. The summed E-state index contributed by atoms with van der Waals surface area (Å²) in [6.45, 7) is 1.88. The van der Waals surface area contributed by atoms with Crippen molar-refractivity contribution in [3.05, 3.63) is 53.2 Å². The van der Waals surface area contributed by atoms with Gasteiger partial charge in [0.15, 0.2) is 0 Å². The first kappa shape index (κ1) is 13.3. The molecule has 1 heterocycles. The van der Waals surface area contributed by atoms with Crippen LogP contribution in [0.2, 0.25) is 0 Å². The number of halogens is 2. The molecule has 2 aromatic rings. The molecule has 1 aromatic carbocycles. The fourth-order valence-corrected chi connectivity index (χ4v) is 1.62. The number of hydrogen-bond donors (Lipinski definition) is 1. The minimum absolute atomic E-state index is 0.138. The predicted octanol–water partition coefficient (Wildman–Crippen LogP) is 3.29. The van der Waals surface area contributed by atoms with E-state index in [0.29, 0.717) is 12.4 Å². The Balaban J connectivity index is 2.07. The van der Waals surface area contributed by atoms with Crippen LogP contribution in [0.15, 0.2) is 30.5 Å². The van der Waals surface area contributed by atoms with E-state index in [2.05, 4.69) is 10.3 Å². The molecule has 3 nitrogen and oxygen atoms in total. The zero-order chi connectivity index (χ0) is 13.8. The molecule has 19 heavy (non-hydrogen) atoms. The second-order valence-electron chi connectivity index (χ2n) is 4.14. The second-order valence-corrected chi connectivity index (χ2v) is 4.14. The number of aromatic nitrogens is 1. The molecule has 5 heteroatoms. The van der Waals surface area contributed by atoms with Crippen LogP contribution in [0.3, 0.4) is 0 Å². The lowest BCUT2D eigenvalue weighted by Crippen LogP contribution is -2.03. The molecule has 0 aliphatic carbocycles. The molecular formula is C14H14F2N2O. The fraction of sp³-hybridized carbons (Fsp3) is 0.214. The molecule has 0 fully saturated rings. The summed E-state index contributed by atoms with van der Waals surface area (Å²) in [4.78, 5) is 4.03. The Hall–Kier alpha value is -2.17. The van der Waals surface area contributed by atoms with Crippen LogP contribution in [0.4, 0.5) is 14.5 Å². The lowest BCUT2D eigenvalue weighted by molar-refractivity contribution is 0.397. The van der Waals surface area contributed by atoms with Gasteiger partial charge < -0.3 is 10.1 Å². The molecule has 1 N–H and O–H groups in total. The van der Waals surface area contributed by atoms with E-state index in [1.54, 1.807) is 18.3 Å². The zero-order valence-electron chi connectivity index (χ0n) is 10.7. The number of nitrogens with zero attached hydrogens (tertiary/aromatic N) is 1. The van der Waals surface area contributed by atoms with E-state index in [4.69, 9.17) is 4.74 Å². The lowest BCUT2D eigenvalue weighted by Gasteiger charge is -2.09. The highest BCUT2D eigenvalue weighted by Crippen LogP contribution is 2.19. The van der Waals surface area contributed by atoms with Gasteiger partial charge in [0.2, 0.25) is 5.88 Å². The van der Waals surface area contributed by atoms with Gasteiger partial charge in [-0.05, 0) is 24.1 Å². The summed E-state index contributed by atoms with van der Waals surface area (Å²) in [5, 5.41) is 2.84. The van der Waals surface area contributed by atoms with Crippen LogP contribution in [0.5, 0.6) is 5.88 Å². The van der Waals surface area contributed by atoms with Gasteiger partial charge in [-0.3, -0.25) is 0 Å². The quantitative estimate of drug-likeness (QED) is 0.920. The third-order valence-electron chi connectivity index (χ3n) is 2.74. The first-order valence-electron chi connectivity index (χ1n) is 5.78. The average Bonchev–Trinajstić information content (AvgIpc) is 2.42. The molecule has 0 amide bonds. The van der Waals surface area contributed by atoms with Crippen molar-refractivity contribution in [3.8, 4) is 5.88 Å². The number of pyridine rings is 1. The Kier molecular flexibility index (Phi) is 3.94. The topological polar surface area (TPSA) is 34.1 Å². The Morgan fingerprint density at radius 3 is 2.63 bits per heavy atom. The molecule has 2 rings (SSSR count). The van der Waals surface area contributed by atoms with Crippen molar-refractivity contribution in [2.45, 2.75) is 13.5 Å². The van der Waals surface area contributed by atoms with Crippen molar-refractivity contribution in [3.63, 3.8) is 0 Å². The molecule has 0 spiro atoms. The summed E-state index contributed by atoms with van der Waals surface area (Å²) in [6, 6.07) is 5.84. The van der Waals surface area contributed by atoms with E-state index in [-0.39, 0.29) is 11.3 Å².